The molecule has 1 saturated carbocycles. The van der Waals surface area contributed by atoms with Crippen LogP contribution >= 0.6 is 0 Å². The molecule has 3 N–H and O–H groups in total. The molecule has 0 radical (unpaired) electrons. The molecule has 0 heterocycles. The zero-order chi connectivity index (χ0) is 19.6. The van der Waals surface area contributed by atoms with E-state index in [-0.39, 0.29) is 22.8 Å². The van der Waals surface area contributed by atoms with Crippen LogP contribution in [0.15, 0.2) is 24.3 Å². The van der Waals surface area contributed by atoms with Crippen LogP contribution in [0.5, 0.6) is 5.75 Å². The molecule has 1 aromatic carbocycles. The maximum absolute atomic E-state index is 12.6. The van der Waals surface area contributed by atoms with E-state index in [2.05, 4.69) is 32.2 Å². The van der Waals surface area contributed by atoms with Gasteiger partial charge in [0.2, 0.25) is 5.91 Å². The van der Waals surface area contributed by atoms with E-state index in [0.717, 1.165) is 11.3 Å². The second-order valence-electron chi connectivity index (χ2n) is 8.69. The average molecular weight is 363 g/mol. The van der Waals surface area contributed by atoms with Crippen LogP contribution in [0.1, 0.15) is 53.5 Å². The number of para-hydroxylation sites is 1. The molecule has 0 spiro atoms. The van der Waals surface area contributed by atoms with Crippen molar-refractivity contribution in [3.05, 3.63) is 29.8 Å². The van der Waals surface area contributed by atoms with Gasteiger partial charge in [0, 0.05) is 18.4 Å². The first kappa shape index (κ1) is 20.7. The quantitative estimate of drug-likeness (QED) is 0.731. The van der Waals surface area contributed by atoms with Crippen LogP contribution in [0.4, 0.5) is 0 Å². The predicted octanol–water partition coefficient (Wildman–Crippen LogP) is 3.01. The number of hydrogen-bond acceptors (Lipinski definition) is 4. The minimum Gasteiger partial charge on any atom is -0.491 e. The average Bonchev–Trinajstić information content (AvgIpc) is 2.57. The number of amides is 1. The Balaban J connectivity index is 1.87. The number of ether oxygens (including phenoxy) is 2. The number of nitrogens with two attached hydrogens (primary N) is 1. The SMILES string of the molecule is CCOC1CC(N)(C(=O)NCCOc2ccccc2C(C)(C)C)C1(C)C. The second kappa shape index (κ2) is 7.57. The van der Waals surface area contributed by atoms with Crippen molar-refractivity contribution in [2.24, 2.45) is 11.1 Å². The molecule has 1 amide bonds. The number of benzene rings is 1. The van der Waals surface area contributed by atoms with Gasteiger partial charge in [-0.15, -0.1) is 0 Å². The highest BCUT2D eigenvalue weighted by Gasteiger charge is 2.62. The lowest BCUT2D eigenvalue weighted by Gasteiger charge is -2.57. The lowest BCUT2D eigenvalue weighted by Crippen LogP contribution is -2.75. The van der Waals surface area contributed by atoms with Gasteiger partial charge in [-0.1, -0.05) is 52.8 Å². The molecule has 0 bridgehead atoms. The van der Waals surface area contributed by atoms with Gasteiger partial charge in [0.15, 0.2) is 0 Å². The fourth-order valence-electron chi connectivity index (χ4n) is 3.52. The summed E-state index contributed by atoms with van der Waals surface area (Å²) >= 11 is 0. The maximum atomic E-state index is 12.6. The van der Waals surface area contributed by atoms with Gasteiger partial charge in [-0.2, -0.15) is 0 Å². The van der Waals surface area contributed by atoms with Gasteiger partial charge in [0.25, 0.3) is 0 Å². The summed E-state index contributed by atoms with van der Waals surface area (Å²) in [6.45, 7) is 13.9. The van der Waals surface area contributed by atoms with E-state index >= 15 is 0 Å². The first-order valence-corrected chi connectivity index (χ1v) is 9.45. The molecular formula is C21H34N2O3. The van der Waals surface area contributed by atoms with Crippen LogP contribution in [0.3, 0.4) is 0 Å². The number of carbonyl (C=O) groups excluding carboxylic acids is 1. The van der Waals surface area contributed by atoms with Crippen LogP contribution in [0.25, 0.3) is 0 Å². The van der Waals surface area contributed by atoms with Crippen LogP contribution in [0.2, 0.25) is 0 Å². The Labute approximate surface area is 157 Å². The van der Waals surface area contributed by atoms with Gasteiger partial charge in [0.05, 0.1) is 12.6 Å². The predicted molar refractivity (Wildman–Crippen MR) is 104 cm³/mol. The van der Waals surface area contributed by atoms with Gasteiger partial charge in [0.1, 0.15) is 17.9 Å². The fourth-order valence-corrected chi connectivity index (χ4v) is 3.52. The number of hydrogen-bond donors (Lipinski definition) is 2. The van der Waals surface area contributed by atoms with E-state index in [1.54, 1.807) is 0 Å². The summed E-state index contributed by atoms with van der Waals surface area (Å²) in [4.78, 5) is 12.6. The van der Waals surface area contributed by atoms with Crippen molar-refractivity contribution < 1.29 is 14.3 Å². The molecule has 1 aliphatic rings. The summed E-state index contributed by atoms with van der Waals surface area (Å²) in [5, 5.41) is 2.93. The molecule has 1 aliphatic carbocycles. The first-order valence-electron chi connectivity index (χ1n) is 9.45. The lowest BCUT2D eigenvalue weighted by molar-refractivity contribution is -0.170. The highest BCUT2D eigenvalue weighted by molar-refractivity contribution is 5.88. The van der Waals surface area contributed by atoms with E-state index in [0.29, 0.717) is 26.2 Å². The standard InChI is InChI=1S/C21H34N2O3/c1-7-25-17-14-21(22,20(17,5)6)18(24)23-12-13-26-16-11-9-8-10-15(16)19(2,3)4/h8-11,17H,7,12-14,22H2,1-6H3,(H,23,24). The normalized spacial score (nSPS) is 24.7. The van der Waals surface area contributed by atoms with Crippen LogP contribution in [0, 0.1) is 5.41 Å². The van der Waals surface area contributed by atoms with Crippen molar-refractivity contribution in [2.45, 2.75) is 65.0 Å². The van der Waals surface area contributed by atoms with Crippen LogP contribution in [-0.4, -0.2) is 37.3 Å². The Morgan fingerprint density at radius 2 is 1.96 bits per heavy atom. The van der Waals surface area contributed by atoms with Crippen molar-refractivity contribution in [1.82, 2.24) is 5.32 Å². The molecule has 2 rings (SSSR count). The smallest absolute Gasteiger partial charge is 0.240 e. The summed E-state index contributed by atoms with van der Waals surface area (Å²) in [5.41, 5.74) is 6.27. The Morgan fingerprint density at radius 3 is 2.54 bits per heavy atom. The van der Waals surface area contributed by atoms with E-state index < -0.39 is 5.54 Å². The summed E-state index contributed by atoms with van der Waals surface area (Å²) in [6.07, 6.45) is 0.575. The zero-order valence-corrected chi connectivity index (χ0v) is 17.0. The molecular weight excluding hydrogens is 328 g/mol. The highest BCUT2D eigenvalue weighted by atomic mass is 16.5. The maximum Gasteiger partial charge on any atom is 0.240 e. The monoisotopic (exact) mass is 362 g/mol. The molecule has 5 heteroatoms. The number of carbonyl (C=O) groups is 1. The van der Waals surface area contributed by atoms with Crippen molar-refractivity contribution >= 4 is 5.91 Å². The summed E-state index contributed by atoms with van der Waals surface area (Å²) in [5.74, 6) is 0.725. The van der Waals surface area contributed by atoms with Crippen molar-refractivity contribution in [2.75, 3.05) is 19.8 Å². The number of nitrogens with one attached hydrogen (secondary N) is 1. The minimum atomic E-state index is -0.893. The third kappa shape index (κ3) is 3.89. The molecule has 1 fully saturated rings. The Hall–Kier alpha value is -1.59. The fraction of sp³-hybridized carbons (Fsp3) is 0.667. The number of rotatable bonds is 7. The molecule has 1 aromatic rings. The summed E-state index contributed by atoms with van der Waals surface area (Å²) in [7, 11) is 0. The molecule has 0 aliphatic heterocycles. The zero-order valence-electron chi connectivity index (χ0n) is 17.0. The van der Waals surface area contributed by atoms with E-state index in [4.69, 9.17) is 15.2 Å². The molecule has 2 unspecified atom stereocenters. The Bertz CT molecular complexity index is 636. The topological polar surface area (TPSA) is 73.6 Å². The van der Waals surface area contributed by atoms with Crippen LogP contribution < -0.4 is 15.8 Å². The van der Waals surface area contributed by atoms with Gasteiger partial charge >= 0.3 is 0 Å². The molecule has 0 aromatic heterocycles. The molecule has 0 saturated heterocycles. The molecule has 26 heavy (non-hydrogen) atoms. The third-order valence-corrected chi connectivity index (χ3v) is 5.58. The largest absolute Gasteiger partial charge is 0.491 e. The van der Waals surface area contributed by atoms with E-state index in [9.17, 15) is 4.79 Å². The van der Waals surface area contributed by atoms with E-state index in [1.165, 1.54) is 0 Å². The molecule has 2 atom stereocenters. The third-order valence-electron chi connectivity index (χ3n) is 5.58. The lowest BCUT2D eigenvalue weighted by atomic mass is 9.54. The van der Waals surface area contributed by atoms with Crippen molar-refractivity contribution in [3.8, 4) is 5.75 Å². The second-order valence-corrected chi connectivity index (χ2v) is 8.69. The van der Waals surface area contributed by atoms with Gasteiger partial charge in [-0.3, -0.25) is 4.79 Å². The molecule has 5 nitrogen and oxygen atoms in total. The van der Waals surface area contributed by atoms with Crippen molar-refractivity contribution in [3.63, 3.8) is 0 Å². The first-order chi connectivity index (χ1) is 12.0. The van der Waals surface area contributed by atoms with E-state index in [1.807, 2.05) is 39.0 Å². The van der Waals surface area contributed by atoms with Gasteiger partial charge in [-0.25, -0.2) is 0 Å². The summed E-state index contributed by atoms with van der Waals surface area (Å²) in [6, 6.07) is 8.02. The minimum absolute atomic E-state index is 0.00536. The summed E-state index contributed by atoms with van der Waals surface area (Å²) < 4.78 is 11.6. The Morgan fingerprint density at radius 1 is 1.31 bits per heavy atom. The highest BCUT2D eigenvalue weighted by Crippen LogP contribution is 2.49. The molecule has 146 valence electrons. The van der Waals surface area contributed by atoms with Gasteiger partial charge < -0.3 is 20.5 Å². The Kier molecular flexibility index (Phi) is 6.03. The van der Waals surface area contributed by atoms with Crippen LogP contribution in [-0.2, 0) is 14.9 Å². The van der Waals surface area contributed by atoms with Crippen molar-refractivity contribution in [1.29, 1.82) is 0 Å². The van der Waals surface area contributed by atoms with Gasteiger partial charge in [-0.05, 0) is 24.0 Å².